The third kappa shape index (κ3) is 8.10. The van der Waals surface area contributed by atoms with Crippen LogP contribution in [0.25, 0.3) is 22.3 Å². The lowest BCUT2D eigenvalue weighted by molar-refractivity contribution is 0.214. The summed E-state index contributed by atoms with van der Waals surface area (Å²) in [7, 11) is 0. The first kappa shape index (κ1) is 30.8. The van der Waals surface area contributed by atoms with Crippen molar-refractivity contribution in [3.8, 4) is 45.3 Å². The highest BCUT2D eigenvalue weighted by molar-refractivity contribution is 7.99. The van der Waals surface area contributed by atoms with Crippen molar-refractivity contribution < 1.29 is 29.3 Å². The number of carbonyl (C=O) groups is 2. The van der Waals surface area contributed by atoms with Crippen molar-refractivity contribution in [2.75, 3.05) is 10.6 Å². The molecular formula is C38H28N2O6S. The van der Waals surface area contributed by atoms with Gasteiger partial charge in [-0.2, -0.15) is 0 Å². The van der Waals surface area contributed by atoms with Crippen LogP contribution in [0, 0.1) is 0 Å². The number of phenolic OH excluding ortho intramolecular Hbond substituents is 2. The van der Waals surface area contributed by atoms with Crippen LogP contribution in [0.5, 0.6) is 23.0 Å². The Hall–Kier alpha value is -6.19. The predicted molar refractivity (Wildman–Crippen MR) is 183 cm³/mol. The number of hydrogen-bond acceptors (Lipinski definition) is 7. The first-order valence-electron chi connectivity index (χ1n) is 14.5. The monoisotopic (exact) mass is 640 g/mol. The summed E-state index contributed by atoms with van der Waals surface area (Å²) in [6, 6.07) is 42.2. The molecule has 0 bridgehead atoms. The van der Waals surface area contributed by atoms with Crippen LogP contribution in [0.2, 0.25) is 0 Å². The summed E-state index contributed by atoms with van der Waals surface area (Å²) >= 11 is 1.46. The molecule has 8 nitrogen and oxygen atoms in total. The molecule has 0 unspecified atom stereocenters. The Balaban J connectivity index is 1.32. The fourth-order valence-corrected chi connectivity index (χ4v) is 5.80. The Kier molecular flexibility index (Phi) is 9.36. The fourth-order valence-electron chi connectivity index (χ4n) is 4.72. The van der Waals surface area contributed by atoms with E-state index in [9.17, 15) is 19.8 Å². The SMILES string of the molecule is O=C(Nc1ccccc1)Oc1ccc(Sc2ccc(OC(=O)Nc3ccccc3)cc2-c2ccc(O)cc2)c(-c2ccc(O)cc2)c1. The summed E-state index contributed by atoms with van der Waals surface area (Å²) in [5, 5.41) is 25.3. The molecule has 0 aliphatic carbocycles. The first-order chi connectivity index (χ1) is 22.9. The molecule has 4 N–H and O–H groups in total. The van der Waals surface area contributed by atoms with E-state index in [1.807, 2.05) is 48.5 Å². The Morgan fingerprint density at radius 3 is 1.26 bits per heavy atom. The number of anilines is 2. The molecule has 232 valence electrons. The fraction of sp³-hybridized carbons (Fsp3) is 0. The number of para-hydroxylation sites is 2. The van der Waals surface area contributed by atoms with Crippen molar-refractivity contribution in [3.63, 3.8) is 0 Å². The van der Waals surface area contributed by atoms with Crippen LogP contribution in [0.15, 0.2) is 155 Å². The minimum atomic E-state index is -0.630. The van der Waals surface area contributed by atoms with Crippen LogP contribution in [0.1, 0.15) is 0 Å². The molecule has 0 atom stereocenters. The standard InChI is InChI=1S/C38H28N2O6S/c41-29-15-11-25(12-16-29)33-23-31(45-37(43)39-27-7-3-1-4-8-27)19-21-35(33)47-36-22-20-32(24-34(36)26-13-17-30(42)18-14-26)46-38(44)40-28-9-5-2-6-10-28/h1-24,41-42H,(H,39,43)(H,40,44). The quantitative estimate of drug-likeness (QED) is 0.131. The van der Waals surface area contributed by atoms with E-state index in [0.717, 1.165) is 32.0 Å². The van der Waals surface area contributed by atoms with Gasteiger partial charge in [-0.25, -0.2) is 9.59 Å². The molecule has 6 aromatic carbocycles. The Morgan fingerprint density at radius 1 is 0.489 bits per heavy atom. The summed E-state index contributed by atoms with van der Waals surface area (Å²) in [5.74, 6) is 0.911. The molecule has 6 aromatic rings. The molecule has 0 saturated heterocycles. The summed E-state index contributed by atoms with van der Waals surface area (Å²) in [5.41, 5.74) is 4.33. The van der Waals surface area contributed by atoms with Crippen LogP contribution >= 0.6 is 11.8 Å². The summed E-state index contributed by atoms with van der Waals surface area (Å²) < 4.78 is 11.2. The van der Waals surface area contributed by atoms with Gasteiger partial charge >= 0.3 is 12.2 Å². The maximum absolute atomic E-state index is 12.7. The van der Waals surface area contributed by atoms with Gasteiger partial charge in [0.2, 0.25) is 0 Å². The second-order valence-electron chi connectivity index (χ2n) is 10.3. The van der Waals surface area contributed by atoms with Gasteiger partial charge in [0.15, 0.2) is 0 Å². The number of rotatable bonds is 8. The average Bonchev–Trinajstić information content (AvgIpc) is 3.08. The second kappa shape index (κ2) is 14.3. The minimum absolute atomic E-state index is 0.124. The van der Waals surface area contributed by atoms with Crippen molar-refractivity contribution in [2.45, 2.75) is 9.79 Å². The molecule has 6 rings (SSSR count). The average molecular weight is 641 g/mol. The third-order valence-corrected chi connectivity index (χ3v) is 8.09. The van der Waals surface area contributed by atoms with Gasteiger partial charge in [-0.1, -0.05) is 72.4 Å². The number of amides is 2. The molecule has 0 aliphatic heterocycles. The molecular weight excluding hydrogens is 612 g/mol. The molecule has 0 aromatic heterocycles. The zero-order chi connectivity index (χ0) is 32.6. The highest BCUT2D eigenvalue weighted by Gasteiger charge is 2.16. The van der Waals surface area contributed by atoms with Crippen LogP contribution in [0.3, 0.4) is 0 Å². The van der Waals surface area contributed by atoms with E-state index in [0.29, 0.717) is 22.9 Å². The highest BCUT2D eigenvalue weighted by atomic mass is 32.2. The van der Waals surface area contributed by atoms with Gasteiger partial charge in [-0.15, -0.1) is 0 Å². The normalized spacial score (nSPS) is 10.6. The van der Waals surface area contributed by atoms with E-state index in [1.165, 1.54) is 11.8 Å². The molecule has 0 aliphatic rings. The molecule has 47 heavy (non-hydrogen) atoms. The van der Waals surface area contributed by atoms with Gasteiger partial charge in [0, 0.05) is 21.2 Å². The van der Waals surface area contributed by atoms with Crippen LogP contribution in [-0.4, -0.2) is 22.4 Å². The predicted octanol–water partition coefficient (Wildman–Crippen LogP) is 9.80. The van der Waals surface area contributed by atoms with Gasteiger partial charge in [-0.3, -0.25) is 10.6 Å². The number of nitrogens with one attached hydrogen (secondary N) is 2. The number of phenols is 2. The minimum Gasteiger partial charge on any atom is -0.508 e. The highest BCUT2D eigenvalue weighted by Crippen LogP contribution is 2.43. The zero-order valence-corrected chi connectivity index (χ0v) is 25.6. The summed E-state index contributed by atoms with van der Waals surface area (Å²) in [6.07, 6.45) is -1.26. The van der Waals surface area contributed by atoms with E-state index >= 15 is 0 Å². The van der Waals surface area contributed by atoms with Crippen molar-refractivity contribution in [2.24, 2.45) is 0 Å². The Bertz CT molecular complexity index is 1860. The van der Waals surface area contributed by atoms with Gasteiger partial charge in [0.25, 0.3) is 0 Å². The Labute approximate surface area is 275 Å². The van der Waals surface area contributed by atoms with Gasteiger partial charge < -0.3 is 19.7 Å². The van der Waals surface area contributed by atoms with Crippen molar-refractivity contribution >= 4 is 35.3 Å². The maximum Gasteiger partial charge on any atom is 0.417 e. The molecule has 0 spiro atoms. The third-order valence-electron chi connectivity index (χ3n) is 6.94. The molecule has 9 heteroatoms. The summed E-state index contributed by atoms with van der Waals surface area (Å²) in [4.78, 5) is 27.0. The number of aromatic hydroxyl groups is 2. The van der Waals surface area contributed by atoms with E-state index in [1.54, 1.807) is 97.1 Å². The lowest BCUT2D eigenvalue weighted by Gasteiger charge is -2.16. The van der Waals surface area contributed by atoms with Crippen molar-refractivity contribution in [1.29, 1.82) is 0 Å². The van der Waals surface area contributed by atoms with E-state index in [4.69, 9.17) is 9.47 Å². The van der Waals surface area contributed by atoms with Crippen molar-refractivity contribution in [1.82, 2.24) is 0 Å². The van der Waals surface area contributed by atoms with E-state index < -0.39 is 12.2 Å². The van der Waals surface area contributed by atoms with Gasteiger partial charge in [0.05, 0.1) is 0 Å². The van der Waals surface area contributed by atoms with Crippen LogP contribution < -0.4 is 20.1 Å². The van der Waals surface area contributed by atoms with Crippen LogP contribution in [-0.2, 0) is 0 Å². The Morgan fingerprint density at radius 2 is 0.872 bits per heavy atom. The zero-order valence-electron chi connectivity index (χ0n) is 24.8. The number of carbonyl (C=O) groups excluding carboxylic acids is 2. The maximum atomic E-state index is 12.7. The number of ether oxygens (including phenoxy) is 2. The summed E-state index contributed by atoms with van der Waals surface area (Å²) in [6.45, 7) is 0. The van der Waals surface area contributed by atoms with E-state index in [-0.39, 0.29) is 11.5 Å². The molecule has 0 fully saturated rings. The largest absolute Gasteiger partial charge is 0.508 e. The van der Waals surface area contributed by atoms with Gasteiger partial charge in [0.1, 0.15) is 23.0 Å². The lowest BCUT2D eigenvalue weighted by atomic mass is 10.0. The molecule has 0 heterocycles. The number of benzene rings is 6. The molecule has 0 radical (unpaired) electrons. The number of hydrogen-bond donors (Lipinski definition) is 4. The van der Waals surface area contributed by atoms with Crippen LogP contribution in [0.4, 0.5) is 21.0 Å². The molecule has 0 saturated carbocycles. The molecule has 2 amide bonds. The smallest absolute Gasteiger partial charge is 0.417 e. The lowest BCUT2D eigenvalue weighted by Crippen LogP contribution is -2.16. The topological polar surface area (TPSA) is 117 Å². The van der Waals surface area contributed by atoms with E-state index in [2.05, 4.69) is 10.6 Å². The second-order valence-corrected chi connectivity index (χ2v) is 11.4. The van der Waals surface area contributed by atoms with Crippen molar-refractivity contribution in [3.05, 3.63) is 146 Å². The first-order valence-corrected chi connectivity index (χ1v) is 15.3. The van der Waals surface area contributed by atoms with Gasteiger partial charge in [-0.05, 0) is 107 Å².